The van der Waals surface area contributed by atoms with Gasteiger partial charge in [0.25, 0.3) is 0 Å². The first-order valence-electron chi connectivity index (χ1n) is 35.9. The third kappa shape index (κ3) is 67.6. The van der Waals surface area contributed by atoms with Crippen molar-refractivity contribution >= 4 is 17.9 Å². The van der Waals surface area contributed by atoms with Crippen LogP contribution in [0.15, 0.2) is 72.9 Å². The standard InChI is InChI=1S/C76H136O6/c1-4-7-10-13-16-19-21-23-25-27-29-31-33-34-35-36-37-38-39-40-41-42-43-45-46-48-50-52-54-57-60-63-66-69-75(78)81-72-73(71-80-74(77)68-65-62-59-56-18-15-12-9-6-3)82-76(79)70-67-64-61-58-55-53-51-49-47-44-32-30-28-26-24-22-20-17-14-11-8-5-2/h7,10,16,19,23,25,29,31,34-35,37-38,73H,4-6,8-9,11-15,17-18,20-22,24,26-28,30,32-33,36,39-72H2,1-3H3/b10-7-,19-16-,25-23-,31-29-,35-34-,38-37-. The van der Waals surface area contributed by atoms with Crippen molar-refractivity contribution < 1.29 is 28.6 Å². The zero-order chi connectivity index (χ0) is 59.2. The van der Waals surface area contributed by atoms with Crippen LogP contribution in [-0.2, 0) is 28.6 Å². The van der Waals surface area contributed by atoms with Crippen molar-refractivity contribution in [2.75, 3.05) is 13.2 Å². The fraction of sp³-hybridized carbons (Fsp3) is 0.803. The summed E-state index contributed by atoms with van der Waals surface area (Å²) in [6.07, 6.45) is 92.4. The van der Waals surface area contributed by atoms with E-state index in [1.54, 1.807) is 0 Å². The van der Waals surface area contributed by atoms with Gasteiger partial charge in [-0.05, 0) is 70.6 Å². The number of ether oxygens (including phenoxy) is 3. The molecule has 82 heavy (non-hydrogen) atoms. The first kappa shape index (κ1) is 78.8. The molecule has 0 radical (unpaired) electrons. The van der Waals surface area contributed by atoms with Crippen LogP contribution in [0.25, 0.3) is 0 Å². The summed E-state index contributed by atoms with van der Waals surface area (Å²) >= 11 is 0. The van der Waals surface area contributed by atoms with Gasteiger partial charge in [0.15, 0.2) is 6.10 Å². The predicted molar refractivity (Wildman–Crippen MR) is 358 cm³/mol. The summed E-state index contributed by atoms with van der Waals surface area (Å²) in [7, 11) is 0. The molecule has 1 unspecified atom stereocenters. The second-order valence-electron chi connectivity index (χ2n) is 24.1. The van der Waals surface area contributed by atoms with Crippen LogP contribution in [0.5, 0.6) is 0 Å². The van der Waals surface area contributed by atoms with Crippen molar-refractivity contribution in [2.45, 2.75) is 380 Å². The molecular weight excluding hydrogens is 1010 g/mol. The third-order valence-electron chi connectivity index (χ3n) is 16.0. The number of rotatable bonds is 66. The Morgan fingerprint density at radius 3 is 0.744 bits per heavy atom. The second-order valence-corrected chi connectivity index (χ2v) is 24.1. The van der Waals surface area contributed by atoms with Crippen molar-refractivity contribution in [3.8, 4) is 0 Å². The second kappa shape index (κ2) is 70.3. The Bertz CT molecular complexity index is 1500. The minimum Gasteiger partial charge on any atom is -0.462 e. The highest BCUT2D eigenvalue weighted by atomic mass is 16.6. The summed E-state index contributed by atoms with van der Waals surface area (Å²) in [6, 6.07) is 0. The van der Waals surface area contributed by atoms with E-state index in [0.29, 0.717) is 19.3 Å². The van der Waals surface area contributed by atoms with Crippen molar-refractivity contribution in [2.24, 2.45) is 0 Å². The highest BCUT2D eigenvalue weighted by Crippen LogP contribution is 2.18. The number of esters is 3. The molecule has 1 atom stereocenters. The largest absolute Gasteiger partial charge is 0.462 e. The number of allylic oxidation sites excluding steroid dienone is 12. The molecule has 6 heteroatoms. The molecule has 0 saturated carbocycles. The van der Waals surface area contributed by atoms with Gasteiger partial charge in [-0.2, -0.15) is 0 Å². The Morgan fingerprint density at radius 1 is 0.256 bits per heavy atom. The van der Waals surface area contributed by atoms with E-state index in [1.165, 1.54) is 238 Å². The van der Waals surface area contributed by atoms with Crippen LogP contribution in [0.2, 0.25) is 0 Å². The molecule has 0 N–H and O–H groups in total. The maximum absolute atomic E-state index is 12.9. The van der Waals surface area contributed by atoms with Gasteiger partial charge in [0, 0.05) is 19.3 Å². The van der Waals surface area contributed by atoms with Gasteiger partial charge in [0.1, 0.15) is 13.2 Å². The molecular formula is C76H136O6. The average molecular weight is 1150 g/mol. The van der Waals surface area contributed by atoms with Gasteiger partial charge in [0.2, 0.25) is 0 Å². The molecule has 0 aromatic heterocycles. The first-order chi connectivity index (χ1) is 40.5. The Hall–Kier alpha value is -3.15. The molecule has 0 saturated heterocycles. The van der Waals surface area contributed by atoms with Gasteiger partial charge >= 0.3 is 17.9 Å². The van der Waals surface area contributed by atoms with Crippen LogP contribution in [-0.4, -0.2) is 37.2 Å². The summed E-state index contributed by atoms with van der Waals surface area (Å²) in [4.78, 5) is 38.3. The number of hydrogen-bond donors (Lipinski definition) is 0. The number of carbonyl (C=O) groups excluding carboxylic acids is 3. The zero-order valence-corrected chi connectivity index (χ0v) is 54.8. The fourth-order valence-electron chi connectivity index (χ4n) is 10.6. The Morgan fingerprint density at radius 2 is 0.476 bits per heavy atom. The van der Waals surface area contributed by atoms with E-state index in [9.17, 15) is 14.4 Å². The van der Waals surface area contributed by atoms with E-state index in [4.69, 9.17) is 14.2 Å². The smallest absolute Gasteiger partial charge is 0.306 e. The van der Waals surface area contributed by atoms with Gasteiger partial charge < -0.3 is 14.2 Å². The topological polar surface area (TPSA) is 78.9 Å². The monoisotopic (exact) mass is 1150 g/mol. The van der Waals surface area contributed by atoms with E-state index < -0.39 is 6.10 Å². The molecule has 0 bridgehead atoms. The maximum Gasteiger partial charge on any atom is 0.306 e. The minimum atomic E-state index is -0.771. The van der Waals surface area contributed by atoms with Crippen molar-refractivity contribution in [3.63, 3.8) is 0 Å². The van der Waals surface area contributed by atoms with Crippen LogP contribution in [0.3, 0.4) is 0 Å². The summed E-state index contributed by atoms with van der Waals surface area (Å²) in [5.41, 5.74) is 0. The molecule has 0 aromatic rings. The lowest BCUT2D eigenvalue weighted by molar-refractivity contribution is -0.167. The molecule has 0 aliphatic heterocycles. The molecule has 0 fully saturated rings. The SMILES string of the molecule is CC/C=C\C/C=C\C/C=C\C/C=C\C/C=C\C/C=C\CCCCCCCCCCCCCCCCC(=O)OCC(COC(=O)CCCCCCCCCCC)OC(=O)CCCCCCCCCCCCCCCCCCCCCCCC. The van der Waals surface area contributed by atoms with E-state index in [2.05, 4.69) is 93.7 Å². The van der Waals surface area contributed by atoms with Crippen LogP contribution in [0.4, 0.5) is 0 Å². The van der Waals surface area contributed by atoms with Gasteiger partial charge in [-0.25, -0.2) is 0 Å². The molecule has 6 nitrogen and oxygen atoms in total. The number of hydrogen-bond acceptors (Lipinski definition) is 6. The third-order valence-corrected chi connectivity index (χ3v) is 16.0. The predicted octanol–water partition coefficient (Wildman–Crippen LogP) is 24.8. The lowest BCUT2D eigenvalue weighted by Gasteiger charge is -2.18. The van der Waals surface area contributed by atoms with Gasteiger partial charge in [-0.1, -0.05) is 357 Å². The Kier molecular flexibility index (Phi) is 67.6. The number of carbonyl (C=O) groups is 3. The Labute approximate surface area is 510 Å². The highest BCUT2D eigenvalue weighted by molar-refractivity contribution is 5.71. The highest BCUT2D eigenvalue weighted by Gasteiger charge is 2.19. The van der Waals surface area contributed by atoms with E-state index >= 15 is 0 Å². The summed E-state index contributed by atoms with van der Waals surface area (Å²) in [5.74, 6) is -0.848. The molecule has 0 heterocycles. The summed E-state index contributed by atoms with van der Waals surface area (Å²) in [5, 5.41) is 0. The lowest BCUT2D eigenvalue weighted by atomic mass is 10.0. The van der Waals surface area contributed by atoms with Gasteiger partial charge in [-0.15, -0.1) is 0 Å². The first-order valence-corrected chi connectivity index (χ1v) is 35.9. The summed E-state index contributed by atoms with van der Waals surface area (Å²) in [6.45, 7) is 6.57. The van der Waals surface area contributed by atoms with Crippen LogP contribution in [0, 0.1) is 0 Å². The quantitative estimate of drug-likeness (QED) is 0.0261. The molecule has 0 aliphatic rings. The van der Waals surface area contributed by atoms with Gasteiger partial charge in [-0.3, -0.25) is 14.4 Å². The lowest BCUT2D eigenvalue weighted by Crippen LogP contribution is -2.30. The molecule has 0 amide bonds. The van der Waals surface area contributed by atoms with Gasteiger partial charge in [0.05, 0.1) is 0 Å². The molecule has 476 valence electrons. The fourth-order valence-corrected chi connectivity index (χ4v) is 10.6. The normalized spacial score (nSPS) is 12.5. The van der Waals surface area contributed by atoms with Crippen LogP contribution < -0.4 is 0 Å². The molecule has 0 rings (SSSR count). The maximum atomic E-state index is 12.9. The van der Waals surface area contributed by atoms with Crippen LogP contribution in [0.1, 0.15) is 374 Å². The van der Waals surface area contributed by atoms with Crippen molar-refractivity contribution in [1.82, 2.24) is 0 Å². The number of unbranched alkanes of at least 4 members (excludes halogenated alkanes) is 43. The summed E-state index contributed by atoms with van der Waals surface area (Å²) < 4.78 is 16.9. The molecule has 0 aliphatic carbocycles. The minimum absolute atomic E-state index is 0.0685. The van der Waals surface area contributed by atoms with E-state index in [-0.39, 0.29) is 31.1 Å². The van der Waals surface area contributed by atoms with Crippen molar-refractivity contribution in [3.05, 3.63) is 72.9 Å². The Balaban J connectivity index is 4.09. The molecule has 0 aromatic carbocycles. The van der Waals surface area contributed by atoms with Crippen LogP contribution >= 0.6 is 0 Å². The van der Waals surface area contributed by atoms with E-state index in [0.717, 1.165) is 96.3 Å². The molecule has 0 spiro atoms. The van der Waals surface area contributed by atoms with E-state index in [1.807, 2.05) is 0 Å². The average Bonchev–Trinajstić information content (AvgIpc) is 3.48. The van der Waals surface area contributed by atoms with Crippen molar-refractivity contribution in [1.29, 1.82) is 0 Å². The zero-order valence-electron chi connectivity index (χ0n) is 54.8.